The molecule has 0 radical (unpaired) electrons. The van der Waals surface area contributed by atoms with Crippen molar-refractivity contribution in [2.75, 3.05) is 5.73 Å². The Morgan fingerprint density at radius 1 is 1.14 bits per heavy atom. The molecule has 4 nitrogen and oxygen atoms in total. The molecule has 0 saturated heterocycles. The van der Waals surface area contributed by atoms with Crippen molar-refractivity contribution in [2.45, 2.75) is 24.8 Å². The lowest BCUT2D eigenvalue weighted by molar-refractivity contribution is 0.581. The molecule has 2 aromatic rings. The van der Waals surface area contributed by atoms with Gasteiger partial charge in [-0.3, -0.25) is 0 Å². The van der Waals surface area contributed by atoms with Crippen LogP contribution in [0.3, 0.4) is 0 Å². The normalized spacial score (nSPS) is 11.5. The number of nitrogens with one attached hydrogen (secondary N) is 1. The van der Waals surface area contributed by atoms with Gasteiger partial charge in [-0.2, -0.15) is 0 Å². The second kappa shape index (κ2) is 6.47. The molecule has 2 rings (SSSR count). The van der Waals surface area contributed by atoms with Gasteiger partial charge in [0.05, 0.1) is 5.02 Å². The second-order valence-electron chi connectivity index (χ2n) is 4.64. The van der Waals surface area contributed by atoms with Crippen molar-refractivity contribution in [2.24, 2.45) is 0 Å². The summed E-state index contributed by atoms with van der Waals surface area (Å²) in [6.45, 7) is 2.25. The van der Waals surface area contributed by atoms with Crippen LogP contribution in [0, 0.1) is 0 Å². The van der Waals surface area contributed by atoms with Crippen molar-refractivity contribution in [3.8, 4) is 0 Å². The minimum Gasteiger partial charge on any atom is -0.399 e. The molecule has 0 unspecified atom stereocenters. The van der Waals surface area contributed by atoms with E-state index in [0.717, 1.165) is 17.5 Å². The Kier molecular flexibility index (Phi) is 4.88. The van der Waals surface area contributed by atoms with Crippen LogP contribution in [0.1, 0.15) is 18.1 Å². The lowest BCUT2D eigenvalue weighted by Gasteiger charge is -2.11. The number of sulfonamides is 1. The van der Waals surface area contributed by atoms with Crippen molar-refractivity contribution < 1.29 is 8.42 Å². The molecule has 21 heavy (non-hydrogen) atoms. The zero-order chi connectivity index (χ0) is 15.5. The van der Waals surface area contributed by atoms with Crippen LogP contribution in [-0.2, 0) is 23.0 Å². The second-order valence-corrected chi connectivity index (χ2v) is 6.78. The van der Waals surface area contributed by atoms with E-state index in [-0.39, 0.29) is 16.5 Å². The number of nitrogen functional groups attached to an aromatic ring is 1. The molecule has 112 valence electrons. The number of nitrogens with two attached hydrogens (primary N) is 1. The Morgan fingerprint density at radius 3 is 2.48 bits per heavy atom. The van der Waals surface area contributed by atoms with E-state index < -0.39 is 10.0 Å². The van der Waals surface area contributed by atoms with Gasteiger partial charge in [-0.25, -0.2) is 13.1 Å². The van der Waals surface area contributed by atoms with Crippen molar-refractivity contribution in [1.29, 1.82) is 0 Å². The predicted molar refractivity (Wildman–Crippen MR) is 85.7 cm³/mol. The summed E-state index contributed by atoms with van der Waals surface area (Å²) in [6.07, 6.45) is 0.844. The van der Waals surface area contributed by atoms with Gasteiger partial charge >= 0.3 is 0 Å². The number of anilines is 1. The third kappa shape index (κ3) is 3.75. The van der Waals surface area contributed by atoms with E-state index in [2.05, 4.69) is 4.72 Å². The highest BCUT2D eigenvalue weighted by molar-refractivity contribution is 7.89. The Balaban J connectivity index is 2.24. The highest BCUT2D eigenvalue weighted by atomic mass is 35.5. The maximum absolute atomic E-state index is 12.3. The van der Waals surface area contributed by atoms with Crippen molar-refractivity contribution in [1.82, 2.24) is 4.72 Å². The Bertz CT molecular complexity index is 745. The molecule has 6 heteroatoms. The van der Waals surface area contributed by atoms with Gasteiger partial charge < -0.3 is 5.73 Å². The van der Waals surface area contributed by atoms with E-state index in [1.807, 2.05) is 31.2 Å². The molecule has 0 atom stereocenters. The molecule has 2 aromatic carbocycles. The predicted octanol–water partition coefficient (Wildman–Crippen LogP) is 2.96. The van der Waals surface area contributed by atoms with Crippen LogP contribution >= 0.6 is 11.6 Å². The van der Waals surface area contributed by atoms with E-state index >= 15 is 0 Å². The average molecular weight is 325 g/mol. The van der Waals surface area contributed by atoms with E-state index in [9.17, 15) is 8.42 Å². The van der Waals surface area contributed by atoms with Gasteiger partial charge in [-0.05, 0) is 35.7 Å². The van der Waals surface area contributed by atoms with Crippen LogP contribution in [-0.4, -0.2) is 8.42 Å². The summed E-state index contributed by atoms with van der Waals surface area (Å²) in [5, 5.41) is 0.153. The smallest absolute Gasteiger partial charge is 0.242 e. The standard InChI is InChI=1S/C15H17ClN2O2S/c1-2-11-5-3-4-6-12(11)10-18-21(19,20)15-9-13(17)7-8-14(15)16/h3-9,18H,2,10,17H2,1H3. The first-order valence-corrected chi connectivity index (χ1v) is 8.41. The highest BCUT2D eigenvalue weighted by Crippen LogP contribution is 2.23. The fourth-order valence-corrected chi connectivity index (χ4v) is 3.59. The van der Waals surface area contributed by atoms with Crippen molar-refractivity contribution in [3.63, 3.8) is 0 Å². The number of rotatable bonds is 5. The largest absolute Gasteiger partial charge is 0.399 e. The summed E-state index contributed by atoms with van der Waals surface area (Å²) in [6, 6.07) is 12.1. The van der Waals surface area contributed by atoms with Crippen LogP contribution in [0.15, 0.2) is 47.4 Å². The molecule has 0 saturated carbocycles. The Hall–Kier alpha value is -1.56. The quantitative estimate of drug-likeness (QED) is 0.830. The first-order chi connectivity index (χ1) is 9.94. The third-order valence-corrected chi connectivity index (χ3v) is 5.08. The fraction of sp³-hybridized carbons (Fsp3) is 0.200. The number of benzene rings is 2. The molecule has 3 N–H and O–H groups in total. The highest BCUT2D eigenvalue weighted by Gasteiger charge is 2.18. The SMILES string of the molecule is CCc1ccccc1CNS(=O)(=O)c1cc(N)ccc1Cl. The van der Waals surface area contributed by atoms with E-state index in [0.29, 0.717) is 5.69 Å². The van der Waals surface area contributed by atoms with Gasteiger partial charge in [0.2, 0.25) is 10.0 Å². The lowest BCUT2D eigenvalue weighted by Crippen LogP contribution is -2.24. The molecule has 0 aromatic heterocycles. The average Bonchev–Trinajstić information content (AvgIpc) is 2.48. The van der Waals surface area contributed by atoms with Crippen LogP contribution in [0.4, 0.5) is 5.69 Å². The zero-order valence-corrected chi connectivity index (χ0v) is 13.2. The Morgan fingerprint density at radius 2 is 1.81 bits per heavy atom. The molecule has 0 aliphatic rings. The molecule has 0 aliphatic heterocycles. The summed E-state index contributed by atoms with van der Waals surface area (Å²) in [4.78, 5) is -0.00172. The Labute approximate surface area is 130 Å². The number of halogens is 1. The van der Waals surface area contributed by atoms with Crippen LogP contribution < -0.4 is 10.5 Å². The number of aryl methyl sites for hydroxylation is 1. The summed E-state index contributed by atoms with van der Waals surface area (Å²) in [5.74, 6) is 0. The molecule has 0 spiro atoms. The zero-order valence-electron chi connectivity index (χ0n) is 11.6. The number of hydrogen-bond acceptors (Lipinski definition) is 3. The topological polar surface area (TPSA) is 72.2 Å². The summed E-state index contributed by atoms with van der Waals surface area (Å²) in [5.41, 5.74) is 8.04. The fourth-order valence-electron chi connectivity index (χ4n) is 2.05. The minimum atomic E-state index is -3.70. The summed E-state index contributed by atoms with van der Waals surface area (Å²) >= 11 is 5.95. The van der Waals surface area contributed by atoms with Gasteiger partial charge in [0.1, 0.15) is 4.90 Å². The van der Waals surface area contributed by atoms with Crippen molar-refractivity contribution in [3.05, 3.63) is 58.6 Å². The monoisotopic (exact) mass is 324 g/mol. The maximum Gasteiger partial charge on any atom is 0.242 e. The van der Waals surface area contributed by atoms with Crippen molar-refractivity contribution >= 4 is 27.3 Å². The van der Waals surface area contributed by atoms with Gasteiger partial charge in [0.25, 0.3) is 0 Å². The van der Waals surface area contributed by atoms with Crippen LogP contribution in [0.5, 0.6) is 0 Å². The molecule has 0 bridgehead atoms. The van der Waals surface area contributed by atoms with Gasteiger partial charge in [-0.1, -0.05) is 42.8 Å². The summed E-state index contributed by atoms with van der Waals surface area (Å²) < 4.78 is 27.2. The maximum atomic E-state index is 12.3. The van der Waals surface area contributed by atoms with Gasteiger partial charge in [0, 0.05) is 12.2 Å². The third-order valence-electron chi connectivity index (χ3n) is 3.20. The summed E-state index contributed by atoms with van der Waals surface area (Å²) in [7, 11) is -3.70. The van der Waals surface area contributed by atoms with Crippen LogP contribution in [0.25, 0.3) is 0 Å². The molecular weight excluding hydrogens is 308 g/mol. The molecular formula is C15H17ClN2O2S. The molecule has 0 fully saturated rings. The minimum absolute atomic E-state index is 0.00172. The van der Waals surface area contributed by atoms with Gasteiger partial charge in [-0.15, -0.1) is 0 Å². The first kappa shape index (κ1) is 15.8. The lowest BCUT2D eigenvalue weighted by atomic mass is 10.1. The number of hydrogen-bond donors (Lipinski definition) is 2. The van der Waals surface area contributed by atoms with E-state index in [1.54, 1.807) is 6.07 Å². The molecule has 0 amide bonds. The van der Waals surface area contributed by atoms with Crippen LogP contribution in [0.2, 0.25) is 5.02 Å². The first-order valence-electron chi connectivity index (χ1n) is 6.55. The van der Waals surface area contributed by atoms with E-state index in [4.69, 9.17) is 17.3 Å². The molecule has 0 aliphatic carbocycles. The van der Waals surface area contributed by atoms with Gasteiger partial charge in [0.15, 0.2) is 0 Å². The molecule has 0 heterocycles. The van der Waals surface area contributed by atoms with E-state index in [1.165, 1.54) is 12.1 Å².